The summed E-state index contributed by atoms with van der Waals surface area (Å²) in [6, 6.07) is 1.91. The van der Waals surface area contributed by atoms with Crippen molar-refractivity contribution in [1.82, 2.24) is 9.88 Å². The molecule has 2 aromatic rings. The largest absolute Gasteiger partial charge is 0.451 e. The summed E-state index contributed by atoms with van der Waals surface area (Å²) in [7, 11) is 0. The number of nitrogen functional groups attached to an aromatic ring is 1. The second-order valence-corrected chi connectivity index (χ2v) is 6.56. The van der Waals surface area contributed by atoms with Crippen LogP contribution in [0, 0.1) is 13.8 Å². The molecular weight excluding hydrogens is 338 g/mol. The first-order chi connectivity index (χ1) is 11.9. The highest BCUT2D eigenvalue weighted by Crippen LogP contribution is 2.35. The zero-order valence-corrected chi connectivity index (χ0v) is 15.2. The minimum absolute atomic E-state index is 0.267. The summed E-state index contributed by atoms with van der Waals surface area (Å²) in [5, 5.41) is 0.758. The maximum absolute atomic E-state index is 12.3. The van der Waals surface area contributed by atoms with Gasteiger partial charge in [0.1, 0.15) is 9.71 Å². The highest BCUT2D eigenvalue weighted by molar-refractivity contribution is 7.21. The van der Waals surface area contributed by atoms with E-state index in [4.69, 9.17) is 10.5 Å². The quantitative estimate of drug-likeness (QED) is 0.607. The van der Waals surface area contributed by atoms with Crippen molar-refractivity contribution in [2.75, 3.05) is 25.4 Å². The summed E-state index contributed by atoms with van der Waals surface area (Å²) in [5.74, 6) is -0.943. The van der Waals surface area contributed by atoms with Crippen molar-refractivity contribution in [3.8, 4) is 0 Å². The molecule has 0 bridgehead atoms. The first-order valence-electron chi connectivity index (χ1n) is 7.72. The number of fused-ring (bicyclic) bond motifs is 1. The van der Waals surface area contributed by atoms with Crippen LogP contribution in [-0.2, 0) is 9.53 Å². The molecule has 0 aliphatic carbocycles. The Morgan fingerprint density at radius 2 is 1.96 bits per heavy atom. The number of aromatic nitrogens is 1. The van der Waals surface area contributed by atoms with Gasteiger partial charge in [-0.05, 0) is 25.5 Å². The number of anilines is 1. The van der Waals surface area contributed by atoms with Crippen LogP contribution in [0.1, 0.15) is 20.9 Å². The SMILES string of the molecule is C=CCN(CC=C)C(=O)COC(=O)c1sc2nc(C)cc(C)c2c1N. The fourth-order valence-corrected chi connectivity index (χ4v) is 3.61. The maximum atomic E-state index is 12.3. The van der Waals surface area contributed by atoms with Gasteiger partial charge in [-0.3, -0.25) is 4.79 Å². The number of nitrogens with zero attached hydrogens (tertiary/aromatic N) is 2. The number of rotatable bonds is 7. The maximum Gasteiger partial charge on any atom is 0.351 e. The number of hydrogen-bond acceptors (Lipinski definition) is 6. The van der Waals surface area contributed by atoms with Crippen LogP contribution in [0.25, 0.3) is 10.2 Å². The number of nitrogens with two attached hydrogens (primary N) is 1. The molecule has 2 rings (SSSR count). The predicted octanol–water partition coefficient (Wildman–Crippen LogP) is 2.85. The smallest absolute Gasteiger partial charge is 0.351 e. The first-order valence-corrected chi connectivity index (χ1v) is 8.53. The van der Waals surface area contributed by atoms with E-state index in [-0.39, 0.29) is 17.4 Å². The first kappa shape index (κ1) is 18.7. The van der Waals surface area contributed by atoms with Gasteiger partial charge in [-0.1, -0.05) is 12.2 Å². The number of pyridine rings is 1. The molecule has 1 amide bonds. The third-order valence-corrected chi connectivity index (χ3v) is 4.67. The molecule has 7 heteroatoms. The summed E-state index contributed by atoms with van der Waals surface area (Å²) in [4.78, 5) is 31.3. The molecule has 0 radical (unpaired) electrons. The number of aryl methyl sites for hydroxylation is 2. The molecule has 0 aromatic carbocycles. The highest BCUT2D eigenvalue weighted by atomic mass is 32.1. The molecular formula is C18H21N3O3S. The van der Waals surface area contributed by atoms with Crippen molar-refractivity contribution in [2.24, 2.45) is 0 Å². The Bertz CT molecular complexity index is 832. The van der Waals surface area contributed by atoms with Crippen LogP contribution >= 0.6 is 11.3 Å². The Morgan fingerprint density at radius 1 is 1.32 bits per heavy atom. The Labute approximate surface area is 150 Å². The van der Waals surface area contributed by atoms with Gasteiger partial charge < -0.3 is 15.4 Å². The average molecular weight is 359 g/mol. The Kier molecular flexibility index (Phi) is 5.93. The summed E-state index contributed by atoms with van der Waals surface area (Å²) < 4.78 is 5.15. The molecule has 0 saturated carbocycles. The van der Waals surface area contributed by atoms with E-state index in [0.717, 1.165) is 16.6 Å². The molecule has 0 fully saturated rings. The van der Waals surface area contributed by atoms with E-state index in [1.165, 1.54) is 16.2 Å². The second-order valence-electron chi connectivity index (χ2n) is 5.56. The number of hydrogen-bond donors (Lipinski definition) is 1. The second kappa shape index (κ2) is 7.94. The van der Waals surface area contributed by atoms with Crippen molar-refractivity contribution in [2.45, 2.75) is 13.8 Å². The van der Waals surface area contributed by atoms with E-state index < -0.39 is 5.97 Å². The number of esters is 1. The van der Waals surface area contributed by atoms with Gasteiger partial charge in [0.15, 0.2) is 6.61 Å². The lowest BCUT2D eigenvalue weighted by molar-refractivity contribution is -0.133. The van der Waals surface area contributed by atoms with Crippen LogP contribution in [0.5, 0.6) is 0 Å². The number of carbonyl (C=O) groups excluding carboxylic acids is 2. The van der Waals surface area contributed by atoms with E-state index in [2.05, 4.69) is 18.1 Å². The van der Waals surface area contributed by atoms with E-state index in [0.29, 0.717) is 23.6 Å². The normalized spacial score (nSPS) is 10.5. The van der Waals surface area contributed by atoms with Gasteiger partial charge in [-0.25, -0.2) is 9.78 Å². The number of amides is 1. The average Bonchev–Trinajstić information content (AvgIpc) is 2.88. The third-order valence-electron chi connectivity index (χ3n) is 3.59. The van der Waals surface area contributed by atoms with Crippen molar-refractivity contribution in [1.29, 1.82) is 0 Å². The van der Waals surface area contributed by atoms with Crippen molar-refractivity contribution in [3.05, 3.63) is 47.5 Å². The Hall–Kier alpha value is -2.67. The van der Waals surface area contributed by atoms with E-state index in [1.807, 2.05) is 19.9 Å². The topological polar surface area (TPSA) is 85.5 Å². The number of thiophene rings is 1. The van der Waals surface area contributed by atoms with E-state index in [1.54, 1.807) is 12.2 Å². The number of ether oxygens (including phenoxy) is 1. The Balaban J connectivity index is 2.16. The van der Waals surface area contributed by atoms with Gasteiger partial charge in [-0.2, -0.15) is 0 Å². The zero-order chi connectivity index (χ0) is 18.6. The minimum Gasteiger partial charge on any atom is -0.451 e. The van der Waals surface area contributed by atoms with Gasteiger partial charge in [0.05, 0.1) is 5.69 Å². The molecule has 0 unspecified atom stereocenters. The van der Waals surface area contributed by atoms with Crippen LogP contribution < -0.4 is 5.73 Å². The molecule has 0 saturated heterocycles. The molecule has 2 N–H and O–H groups in total. The fourth-order valence-electron chi connectivity index (χ4n) is 2.49. The van der Waals surface area contributed by atoms with E-state index >= 15 is 0 Å². The van der Waals surface area contributed by atoms with Crippen LogP contribution in [-0.4, -0.2) is 41.5 Å². The van der Waals surface area contributed by atoms with Crippen LogP contribution in [0.15, 0.2) is 31.4 Å². The summed E-state index contributed by atoms with van der Waals surface area (Å²) in [5.41, 5.74) is 8.25. The predicted molar refractivity (Wildman–Crippen MR) is 101 cm³/mol. The van der Waals surface area contributed by atoms with E-state index in [9.17, 15) is 9.59 Å². The lowest BCUT2D eigenvalue weighted by Gasteiger charge is -2.18. The van der Waals surface area contributed by atoms with Gasteiger partial charge >= 0.3 is 5.97 Å². The third kappa shape index (κ3) is 4.06. The molecule has 25 heavy (non-hydrogen) atoms. The van der Waals surface area contributed by atoms with Crippen LogP contribution in [0.3, 0.4) is 0 Å². The molecule has 132 valence electrons. The monoisotopic (exact) mass is 359 g/mol. The lowest BCUT2D eigenvalue weighted by atomic mass is 10.1. The summed E-state index contributed by atoms with van der Waals surface area (Å²) in [6.45, 7) is 11.4. The van der Waals surface area contributed by atoms with Gasteiger partial charge in [0.25, 0.3) is 5.91 Å². The molecule has 0 spiro atoms. The molecule has 0 aliphatic heterocycles. The summed E-state index contributed by atoms with van der Waals surface area (Å²) >= 11 is 1.17. The molecule has 2 heterocycles. The highest BCUT2D eigenvalue weighted by Gasteiger charge is 2.21. The van der Waals surface area contributed by atoms with Crippen molar-refractivity contribution >= 4 is 39.1 Å². The van der Waals surface area contributed by atoms with Crippen molar-refractivity contribution < 1.29 is 14.3 Å². The molecule has 0 aliphatic rings. The number of carbonyl (C=O) groups is 2. The van der Waals surface area contributed by atoms with Gasteiger partial charge in [-0.15, -0.1) is 24.5 Å². The minimum atomic E-state index is -0.622. The van der Waals surface area contributed by atoms with Gasteiger partial charge in [0, 0.05) is 24.2 Å². The van der Waals surface area contributed by atoms with Crippen molar-refractivity contribution in [3.63, 3.8) is 0 Å². The summed E-state index contributed by atoms with van der Waals surface area (Å²) in [6.07, 6.45) is 3.20. The molecule has 6 nitrogen and oxygen atoms in total. The molecule has 0 atom stereocenters. The lowest BCUT2D eigenvalue weighted by Crippen LogP contribution is -2.34. The molecule has 2 aromatic heterocycles. The standard InChI is InChI=1S/C18H21N3O3S/c1-5-7-21(8-6-2)13(22)10-24-18(23)16-15(19)14-11(3)9-12(4)20-17(14)25-16/h5-6,9H,1-2,7-8,10,19H2,3-4H3. The fraction of sp³-hybridized carbons (Fsp3) is 0.278. The van der Waals surface area contributed by atoms with Gasteiger partial charge in [0.2, 0.25) is 0 Å². The Morgan fingerprint density at radius 3 is 2.56 bits per heavy atom. The van der Waals surface area contributed by atoms with Crippen LogP contribution in [0.2, 0.25) is 0 Å². The zero-order valence-electron chi connectivity index (χ0n) is 14.4. The van der Waals surface area contributed by atoms with Crippen LogP contribution in [0.4, 0.5) is 5.69 Å².